The smallest absolute Gasteiger partial charge is 0.277 e. The molecule has 0 radical (unpaired) electrons. The fraction of sp³-hybridized carbons (Fsp3) is 0.308. The van der Waals surface area contributed by atoms with Crippen LogP contribution in [0, 0.1) is 11.3 Å². The van der Waals surface area contributed by atoms with Crippen LogP contribution in [0.2, 0.25) is 0 Å². The lowest BCUT2D eigenvalue weighted by Crippen LogP contribution is -1.89. The third-order valence-corrected chi connectivity index (χ3v) is 3.25. The average molecular weight is 275 g/mol. The predicted octanol–water partition coefficient (Wildman–Crippen LogP) is 2.67. The third-order valence-electron chi connectivity index (χ3n) is 2.42. The van der Waals surface area contributed by atoms with Gasteiger partial charge in [-0.2, -0.15) is 5.26 Å². The molecule has 0 saturated carbocycles. The third kappa shape index (κ3) is 3.73. The number of rotatable bonds is 5. The molecule has 0 aliphatic heterocycles. The zero-order valence-corrected chi connectivity index (χ0v) is 11.5. The summed E-state index contributed by atoms with van der Waals surface area (Å²) in [4.78, 5) is 0. The van der Waals surface area contributed by atoms with E-state index < -0.39 is 0 Å². The van der Waals surface area contributed by atoms with E-state index in [0.29, 0.717) is 17.5 Å². The van der Waals surface area contributed by atoms with Crippen molar-refractivity contribution in [2.75, 3.05) is 7.11 Å². The Morgan fingerprint density at radius 3 is 2.74 bits per heavy atom. The average Bonchev–Trinajstić information content (AvgIpc) is 2.86. The number of hydrogen-bond acceptors (Lipinski definition) is 6. The molecular weight excluding hydrogens is 262 g/mol. The highest BCUT2D eigenvalue weighted by atomic mass is 32.2. The van der Waals surface area contributed by atoms with Gasteiger partial charge in [0, 0.05) is 0 Å². The molecule has 0 aliphatic carbocycles. The quantitative estimate of drug-likeness (QED) is 0.781. The van der Waals surface area contributed by atoms with E-state index in [4.69, 9.17) is 14.4 Å². The van der Waals surface area contributed by atoms with Gasteiger partial charge in [0.05, 0.1) is 24.8 Å². The first-order valence-electron chi connectivity index (χ1n) is 5.73. The van der Waals surface area contributed by atoms with Crippen LogP contribution in [0.5, 0.6) is 5.75 Å². The van der Waals surface area contributed by atoms with Crippen LogP contribution in [-0.2, 0) is 6.42 Å². The highest BCUT2D eigenvalue weighted by Crippen LogP contribution is 2.22. The Kier molecular flexibility index (Phi) is 4.42. The SMILES string of the molecule is COc1ccc(Cc2nnc(S[C@H](C)C#N)o2)cc1. The first kappa shape index (κ1) is 13.4. The van der Waals surface area contributed by atoms with E-state index in [1.165, 1.54) is 11.8 Å². The van der Waals surface area contributed by atoms with Crippen molar-refractivity contribution in [3.05, 3.63) is 35.7 Å². The van der Waals surface area contributed by atoms with Crippen LogP contribution in [0.15, 0.2) is 33.9 Å². The zero-order valence-electron chi connectivity index (χ0n) is 10.7. The first-order valence-corrected chi connectivity index (χ1v) is 6.61. The van der Waals surface area contributed by atoms with Crippen molar-refractivity contribution in [1.82, 2.24) is 10.2 Å². The van der Waals surface area contributed by atoms with Gasteiger partial charge in [-0.05, 0) is 36.4 Å². The van der Waals surface area contributed by atoms with E-state index in [0.717, 1.165) is 11.3 Å². The Bertz CT molecular complexity index is 574. The summed E-state index contributed by atoms with van der Waals surface area (Å²) in [6.45, 7) is 1.79. The van der Waals surface area contributed by atoms with Crippen LogP contribution >= 0.6 is 11.8 Å². The molecule has 1 aromatic carbocycles. The van der Waals surface area contributed by atoms with Gasteiger partial charge in [-0.3, -0.25) is 0 Å². The summed E-state index contributed by atoms with van der Waals surface area (Å²) in [5.41, 5.74) is 1.06. The minimum atomic E-state index is -0.200. The maximum absolute atomic E-state index is 8.71. The summed E-state index contributed by atoms with van der Waals surface area (Å²) in [5.74, 6) is 1.35. The Hall–Kier alpha value is -2.00. The molecule has 1 heterocycles. The van der Waals surface area contributed by atoms with E-state index in [1.54, 1.807) is 14.0 Å². The van der Waals surface area contributed by atoms with Crippen molar-refractivity contribution in [1.29, 1.82) is 5.26 Å². The van der Waals surface area contributed by atoms with E-state index in [1.807, 2.05) is 24.3 Å². The first-order chi connectivity index (χ1) is 9.21. The van der Waals surface area contributed by atoms with Crippen molar-refractivity contribution in [2.45, 2.75) is 23.8 Å². The number of benzene rings is 1. The van der Waals surface area contributed by atoms with Crippen molar-refractivity contribution in [3.63, 3.8) is 0 Å². The maximum atomic E-state index is 8.71. The van der Waals surface area contributed by atoms with Gasteiger partial charge in [0.15, 0.2) is 0 Å². The molecular formula is C13H13N3O2S. The largest absolute Gasteiger partial charge is 0.497 e. The normalized spacial score (nSPS) is 11.8. The van der Waals surface area contributed by atoms with Crippen molar-refractivity contribution in [3.8, 4) is 11.8 Å². The molecule has 0 spiro atoms. The second-order valence-corrected chi connectivity index (χ2v) is 5.17. The lowest BCUT2D eigenvalue weighted by Gasteiger charge is -2.00. The highest BCUT2D eigenvalue weighted by Gasteiger charge is 2.11. The van der Waals surface area contributed by atoms with Crippen LogP contribution < -0.4 is 4.74 Å². The van der Waals surface area contributed by atoms with Crippen molar-refractivity contribution < 1.29 is 9.15 Å². The van der Waals surface area contributed by atoms with Crippen LogP contribution in [0.3, 0.4) is 0 Å². The van der Waals surface area contributed by atoms with Gasteiger partial charge >= 0.3 is 0 Å². The summed E-state index contributed by atoms with van der Waals surface area (Å²) in [5, 5.41) is 16.8. The molecule has 2 aromatic rings. The molecule has 6 heteroatoms. The van der Waals surface area contributed by atoms with Crippen LogP contribution in [0.1, 0.15) is 18.4 Å². The van der Waals surface area contributed by atoms with Crippen LogP contribution in [-0.4, -0.2) is 22.6 Å². The van der Waals surface area contributed by atoms with E-state index in [2.05, 4.69) is 16.3 Å². The molecule has 0 unspecified atom stereocenters. The van der Waals surface area contributed by atoms with Gasteiger partial charge < -0.3 is 9.15 Å². The van der Waals surface area contributed by atoms with E-state index >= 15 is 0 Å². The minimum absolute atomic E-state index is 0.200. The van der Waals surface area contributed by atoms with Gasteiger partial charge in [-0.25, -0.2) is 0 Å². The van der Waals surface area contributed by atoms with Gasteiger partial charge in [-0.1, -0.05) is 12.1 Å². The number of nitriles is 1. The Morgan fingerprint density at radius 2 is 2.11 bits per heavy atom. The number of methoxy groups -OCH3 is 1. The molecule has 0 N–H and O–H groups in total. The van der Waals surface area contributed by atoms with Gasteiger partial charge in [-0.15, -0.1) is 10.2 Å². The number of ether oxygens (including phenoxy) is 1. The fourth-order valence-electron chi connectivity index (χ4n) is 1.45. The van der Waals surface area contributed by atoms with Crippen LogP contribution in [0.4, 0.5) is 0 Å². The summed E-state index contributed by atoms with van der Waals surface area (Å²) >= 11 is 1.26. The maximum Gasteiger partial charge on any atom is 0.277 e. The zero-order chi connectivity index (χ0) is 13.7. The topological polar surface area (TPSA) is 71.9 Å². The molecule has 1 aromatic heterocycles. The summed E-state index contributed by atoms with van der Waals surface area (Å²) in [6.07, 6.45) is 0.568. The molecule has 0 aliphatic rings. The van der Waals surface area contributed by atoms with Gasteiger partial charge in [0.1, 0.15) is 5.75 Å². The molecule has 0 fully saturated rings. The Morgan fingerprint density at radius 1 is 1.37 bits per heavy atom. The molecule has 1 atom stereocenters. The monoisotopic (exact) mass is 275 g/mol. The summed E-state index contributed by atoms with van der Waals surface area (Å²) in [7, 11) is 1.63. The standard InChI is InChI=1S/C13H13N3O2S/c1-9(8-14)19-13-16-15-12(18-13)7-10-3-5-11(17-2)6-4-10/h3-6,9H,7H2,1-2H3/t9-/m1/s1. The number of aromatic nitrogens is 2. The lowest BCUT2D eigenvalue weighted by atomic mass is 10.1. The van der Waals surface area contributed by atoms with E-state index in [9.17, 15) is 0 Å². The number of hydrogen-bond donors (Lipinski definition) is 0. The lowest BCUT2D eigenvalue weighted by molar-refractivity contribution is 0.413. The van der Waals surface area contributed by atoms with E-state index in [-0.39, 0.29) is 5.25 Å². The minimum Gasteiger partial charge on any atom is -0.497 e. The summed E-state index contributed by atoms with van der Waals surface area (Å²) in [6, 6.07) is 9.79. The van der Waals surface area contributed by atoms with Crippen molar-refractivity contribution >= 4 is 11.8 Å². The molecule has 2 rings (SSSR count). The molecule has 0 saturated heterocycles. The van der Waals surface area contributed by atoms with Crippen molar-refractivity contribution in [2.24, 2.45) is 0 Å². The fourth-order valence-corrected chi connectivity index (χ4v) is 2.04. The second kappa shape index (κ2) is 6.25. The highest BCUT2D eigenvalue weighted by molar-refractivity contribution is 7.99. The Labute approximate surface area is 115 Å². The molecule has 0 amide bonds. The molecule has 19 heavy (non-hydrogen) atoms. The van der Waals surface area contributed by atoms with Gasteiger partial charge in [0.25, 0.3) is 5.22 Å². The molecule has 5 nitrogen and oxygen atoms in total. The van der Waals surface area contributed by atoms with Crippen LogP contribution in [0.25, 0.3) is 0 Å². The number of nitrogens with zero attached hydrogens (tertiary/aromatic N) is 3. The molecule has 98 valence electrons. The number of thioether (sulfide) groups is 1. The Balaban J connectivity index is 2.01. The predicted molar refractivity (Wildman–Crippen MR) is 71.0 cm³/mol. The molecule has 0 bridgehead atoms. The second-order valence-electron chi connectivity index (χ2n) is 3.88. The van der Waals surface area contributed by atoms with Gasteiger partial charge in [0.2, 0.25) is 5.89 Å². The summed E-state index contributed by atoms with van der Waals surface area (Å²) < 4.78 is 10.6.